The number of hydrogen-bond acceptors (Lipinski definition) is 3. The molecule has 1 amide bonds. The fourth-order valence-corrected chi connectivity index (χ4v) is 2.68. The molecular weight excluding hydrogens is 254 g/mol. The van der Waals surface area contributed by atoms with Gasteiger partial charge in [-0.15, -0.1) is 0 Å². The number of alkyl carbamates (subject to hydrolysis) is 1. The highest BCUT2D eigenvalue weighted by atomic mass is 16.6. The average molecular weight is 275 g/mol. The Kier molecular flexibility index (Phi) is 3.59. The maximum Gasteiger partial charge on any atom is 0.408 e. The van der Waals surface area contributed by atoms with Gasteiger partial charge in [0.05, 0.1) is 0 Å². The molecule has 1 aliphatic carbocycles. The van der Waals surface area contributed by atoms with Crippen LogP contribution in [0.25, 0.3) is 0 Å². The van der Waals surface area contributed by atoms with Crippen LogP contribution < -0.4 is 5.32 Å². The molecule has 0 radical (unpaired) electrons. The van der Waals surface area contributed by atoms with Gasteiger partial charge in [0.1, 0.15) is 17.4 Å². The van der Waals surface area contributed by atoms with Crippen LogP contribution in [0.5, 0.6) is 0 Å². The summed E-state index contributed by atoms with van der Waals surface area (Å²) in [6.45, 7) is 7.42. The number of aldehydes is 1. The first-order chi connectivity index (χ1) is 9.27. The molecule has 1 atom stereocenters. The molecule has 4 heteroatoms. The quantitative estimate of drug-likeness (QED) is 0.844. The van der Waals surface area contributed by atoms with Crippen molar-refractivity contribution in [1.82, 2.24) is 5.32 Å². The molecule has 1 aromatic carbocycles. The van der Waals surface area contributed by atoms with Crippen molar-refractivity contribution in [2.75, 3.05) is 0 Å². The summed E-state index contributed by atoms with van der Waals surface area (Å²) in [5.74, 6) is 0. The van der Waals surface area contributed by atoms with Gasteiger partial charge in [0.2, 0.25) is 0 Å². The van der Waals surface area contributed by atoms with E-state index in [1.807, 2.05) is 25.1 Å². The summed E-state index contributed by atoms with van der Waals surface area (Å²) >= 11 is 0. The van der Waals surface area contributed by atoms with Gasteiger partial charge in [0.15, 0.2) is 0 Å². The molecule has 0 spiro atoms. The van der Waals surface area contributed by atoms with E-state index in [9.17, 15) is 9.59 Å². The van der Waals surface area contributed by atoms with Crippen molar-refractivity contribution in [3.63, 3.8) is 0 Å². The highest BCUT2D eigenvalue weighted by molar-refractivity contribution is 5.80. The van der Waals surface area contributed by atoms with Gasteiger partial charge in [-0.2, -0.15) is 0 Å². The second-order valence-corrected chi connectivity index (χ2v) is 6.32. The van der Waals surface area contributed by atoms with E-state index in [0.717, 1.165) is 29.4 Å². The maximum atomic E-state index is 12.0. The summed E-state index contributed by atoms with van der Waals surface area (Å²) in [4.78, 5) is 23.6. The smallest absolute Gasteiger partial charge is 0.408 e. The molecular formula is C16H21NO3. The highest BCUT2D eigenvalue weighted by Crippen LogP contribution is 2.37. The summed E-state index contributed by atoms with van der Waals surface area (Å²) < 4.78 is 5.26. The van der Waals surface area contributed by atoms with Crippen molar-refractivity contribution in [2.45, 2.75) is 51.7 Å². The summed E-state index contributed by atoms with van der Waals surface area (Å²) in [5, 5.41) is 2.75. The zero-order valence-electron chi connectivity index (χ0n) is 12.4. The summed E-state index contributed by atoms with van der Waals surface area (Å²) in [6.07, 6.45) is 1.63. The molecule has 4 nitrogen and oxygen atoms in total. The second-order valence-electron chi connectivity index (χ2n) is 6.32. The van der Waals surface area contributed by atoms with Crippen molar-refractivity contribution in [3.05, 3.63) is 34.9 Å². The normalized spacial score (nSPS) is 21.2. The average Bonchev–Trinajstić information content (AvgIpc) is 2.68. The molecule has 0 aromatic heterocycles. The predicted molar refractivity (Wildman–Crippen MR) is 76.6 cm³/mol. The van der Waals surface area contributed by atoms with Gasteiger partial charge in [-0.1, -0.05) is 18.2 Å². The zero-order chi connectivity index (χ0) is 15.0. The number of amides is 1. The van der Waals surface area contributed by atoms with E-state index < -0.39 is 17.2 Å². The third kappa shape index (κ3) is 2.69. The lowest BCUT2D eigenvalue weighted by atomic mass is 9.92. The molecule has 1 aliphatic rings. The van der Waals surface area contributed by atoms with E-state index in [-0.39, 0.29) is 0 Å². The Hall–Kier alpha value is -1.84. The van der Waals surface area contributed by atoms with Gasteiger partial charge in [-0.25, -0.2) is 4.79 Å². The second kappa shape index (κ2) is 4.93. The van der Waals surface area contributed by atoms with E-state index in [2.05, 4.69) is 5.32 Å². The number of carbonyl (C=O) groups excluding carboxylic acids is 2. The van der Waals surface area contributed by atoms with E-state index >= 15 is 0 Å². The molecule has 20 heavy (non-hydrogen) atoms. The lowest BCUT2D eigenvalue weighted by molar-refractivity contribution is -0.113. The number of aryl methyl sites for hydroxylation is 1. The van der Waals surface area contributed by atoms with Gasteiger partial charge in [0, 0.05) is 0 Å². The Bertz CT molecular complexity index is 545. The van der Waals surface area contributed by atoms with Crippen molar-refractivity contribution >= 4 is 12.4 Å². The summed E-state index contributed by atoms with van der Waals surface area (Å²) in [6, 6.07) is 5.84. The fraction of sp³-hybridized carbons (Fsp3) is 0.500. The van der Waals surface area contributed by atoms with E-state index in [1.165, 1.54) is 0 Å². The van der Waals surface area contributed by atoms with Crippen LogP contribution >= 0.6 is 0 Å². The van der Waals surface area contributed by atoms with Crippen LogP contribution in [-0.2, 0) is 21.5 Å². The number of benzene rings is 1. The Balaban J connectivity index is 2.28. The Morgan fingerprint density at radius 1 is 1.40 bits per heavy atom. The standard InChI is InChI=1S/C16H21NO3/c1-11-6-5-7-13-12(11)8-9-16(13,10-18)17-14(19)20-15(2,3)4/h5-7,10H,8-9H2,1-4H3,(H,17,19). The van der Waals surface area contributed by atoms with E-state index in [1.54, 1.807) is 20.8 Å². The van der Waals surface area contributed by atoms with Crippen molar-refractivity contribution in [1.29, 1.82) is 0 Å². The van der Waals surface area contributed by atoms with Gasteiger partial charge in [0.25, 0.3) is 0 Å². The predicted octanol–water partition coefficient (Wildman–Crippen LogP) is 2.86. The SMILES string of the molecule is Cc1cccc2c1CCC2(C=O)NC(=O)OC(C)(C)C. The van der Waals surface area contributed by atoms with Crippen LogP contribution in [0.2, 0.25) is 0 Å². The van der Waals surface area contributed by atoms with Crippen LogP contribution in [0.4, 0.5) is 4.79 Å². The van der Waals surface area contributed by atoms with E-state index in [0.29, 0.717) is 6.42 Å². The molecule has 2 rings (SSSR count). The van der Waals surface area contributed by atoms with Crippen molar-refractivity contribution in [3.8, 4) is 0 Å². The maximum absolute atomic E-state index is 12.0. The van der Waals surface area contributed by atoms with Gasteiger partial charge >= 0.3 is 6.09 Å². The molecule has 0 heterocycles. The molecule has 0 saturated carbocycles. The highest BCUT2D eigenvalue weighted by Gasteiger charge is 2.41. The lowest BCUT2D eigenvalue weighted by Gasteiger charge is -2.28. The Morgan fingerprint density at radius 2 is 2.10 bits per heavy atom. The number of fused-ring (bicyclic) bond motifs is 1. The van der Waals surface area contributed by atoms with Crippen LogP contribution in [0.1, 0.15) is 43.9 Å². The van der Waals surface area contributed by atoms with Crippen LogP contribution in [0.3, 0.4) is 0 Å². The number of rotatable bonds is 2. The fourth-order valence-electron chi connectivity index (χ4n) is 2.68. The minimum Gasteiger partial charge on any atom is -0.444 e. The Labute approximate surface area is 119 Å². The van der Waals surface area contributed by atoms with Crippen molar-refractivity contribution in [2.24, 2.45) is 0 Å². The third-order valence-electron chi connectivity index (χ3n) is 3.59. The topological polar surface area (TPSA) is 55.4 Å². The molecule has 0 saturated heterocycles. The van der Waals surface area contributed by atoms with Crippen molar-refractivity contribution < 1.29 is 14.3 Å². The molecule has 0 aliphatic heterocycles. The van der Waals surface area contributed by atoms with Crippen LogP contribution in [0.15, 0.2) is 18.2 Å². The zero-order valence-corrected chi connectivity index (χ0v) is 12.4. The molecule has 1 aromatic rings. The van der Waals surface area contributed by atoms with E-state index in [4.69, 9.17) is 4.74 Å². The number of hydrogen-bond donors (Lipinski definition) is 1. The molecule has 108 valence electrons. The molecule has 1 N–H and O–H groups in total. The lowest BCUT2D eigenvalue weighted by Crippen LogP contribution is -2.47. The third-order valence-corrected chi connectivity index (χ3v) is 3.59. The monoisotopic (exact) mass is 275 g/mol. The molecule has 0 bridgehead atoms. The summed E-state index contributed by atoms with van der Waals surface area (Å²) in [7, 11) is 0. The number of nitrogens with one attached hydrogen (secondary N) is 1. The minimum atomic E-state index is -0.955. The summed E-state index contributed by atoms with van der Waals surface area (Å²) in [5.41, 5.74) is 1.65. The molecule has 1 unspecified atom stereocenters. The number of carbonyl (C=O) groups is 2. The largest absolute Gasteiger partial charge is 0.444 e. The first kappa shape index (κ1) is 14.6. The van der Waals surface area contributed by atoms with Crippen LogP contribution in [0, 0.1) is 6.92 Å². The Morgan fingerprint density at radius 3 is 2.70 bits per heavy atom. The van der Waals surface area contributed by atoms with Gasteiger partial charge in [-0.05, 0) is 57.2 Å². The minimum absolute atomic E-state index is 0.557. The van der Waals surface area contributed by atoms with Gasteiger partial charge < -0.3 is 14.8 Å². The first-order valence-corrected chi connectivity index (χ1v) is 6.84. The molecule has 0 fully saturated rings. The number of ether oxygens (including phenoxy) is 1. The van der Waals surface area contributed by atoms with Gasteiger partial charge in [-0.3, -0.25) is 0 Å². The first-order valence-electron chi connectivity index (χ1n) is 6.84. The van der Waals surface area contributed by atoms with Crippen LogP contribution in [-0.4, -0.2) is 18.0 Å².